The molecule has 6 nitrogen and oxygen atoms in total. The zero-order chi connectivity index (χ0) is 26.6. The van der Waals surface area contributed by atoms with Gasteiger partial charge in [-0.25, -0.2) is 0 Å². The quantitative estimate of drug-likeness (QED) is 0.348. The molecule has 0 aliphatic carbocycles. The zero-order valence-corrected chi connectivity index (χ0v) is 23.0. The molecule has 2 aliphatic rings. The molecule has 2 amide bonds. The molecule has 2 N–H and O–H groups in total. The molecule has 2 aromatic rings. The summed E-state index contributed by atoms with van der Waals surface area (Å²) in [6, 6.07) is 16.7. The average molecular weight is 527 g/mol. The molecule has 0 bridgehead atoms. The number of carbonyl (C=O) groups is 2. The molecular formula is C29H39FN2O4Si. The average Bonchev–Trinajstić information content (AvgIpc) is 3.48. The van der Waals surface area contributed by atoms with Gasteiger partial charge in [-0.2, -0.15) is 0 Å². The number of aryl methyl sites for hydroxylation is 1. The molecule has 2 aromatic carbocycles. The number of hydrogen-bond donors (Lipinski definition) is 2. The van der Waals surface area contributed by atoms with Crippen LogP contribution in [0.25, 0.3) is 0 Å². The highest BCUT2D eigenvalue weighted by atomic mass is 28.4. The van der Waals surface area contributed by atoms with Crippen molar-refractivity contribution in [3.8, 4) is 0 Å². The Morgan fingerprint density at radius 2 is 1.81 bits per heavy atom. The highest BCUT2D eigenvalue weighted by Gasteiger charge is 2.52. The molecule has 0 radical (unpaired) electrons. The number of likely N-dealkylation sites (tertiary alicyclic amines) is 1. The van der Waals surface area contributed by atoms with Gasteiger partial charge in [0.1, 0.15) is 0 Å². The summed E-state index contributed by atoms with van der Waals surface area (Å²) >= 11 is 0. The van der Waals surface area contributed by atoms with E-state index >= 15 is 4.11 Å². The van der Waals surface area contributed by atoms with Crippen molar-refractivity contribution in [2.24, 2.45) is 5.92 Å². The molecule has 0 unspecified atom stereocenters. The number of amides is 2. The third-order valence-corrected chi connectivity index (χ3v) is 10.4. The molecule has 0 saturated carbocycles. The predicted molar refractivity (Wildman–Crippen MR) is 146 cm³/mol. The summed E-state index contributed by atoms with van der Waals surface area (Å²) < 4.78 is 21.8. The topological polar surface area (TPSA) is 78.9 Å². The van der Waals surface area contributed by atoms with Gasteiger partial charge < -0.3 is 24.2 Å². The number of carbonyl (C=O) groups excluding carboxylic acids is 2. The van der Waals surface area contributed by atoms with Crippen LogP contribution in [0.15, 0.2) is 54.6 Å². The van der Waals surface area contributed by atoms with Crippen LogP contribution in [-0.2, 0) is 16.0 Å². The van der Waals surface area contributed by atoms with E-state index in [-0.39, 0.29) is 48.4 Å². The molecule has 5 atom stereocenters. The van der Waals surface area contributed by atoms with Crippen LogP contribution in [0.5, 0.6) is 0 Å². The number of halogens is 1. The van der Waals surface area contributed by atoms with Gasteiger partial charge >= 0.3 is 0 Å². The maximum absolute atomic E-state index is 15.4. The summed E-state index contributed by atoms with van der Waals surface area (Å²) in [5.74, 6) is -0.155. The van der Waals surface area contributed by atoms with E-state index in [4.69, 9.17) is 4.74 Å². The fourth-order valence-corrected chi connectivity index (χ4v) is 8.62. The second-order valence-electron chi connectivity index (χ2n) is 11.0. The van der Waals surface area contributed by atoms with Crippen LogP contribution in [0.3, 0.4) is 0 Å². The molecular weight excluding hydrogens is 487 g/mol. The third-order valence-electron chi connectivity index (χ3n) is 7.95. The number of aliphatic hydroxyl groups excluding tert-OH is 1. The number of benzene rings is 2. The lowest BCUT2D eigenvalue weighted by Crippen LogP contribution is -2.42. The number of nitrogens with one attached hydrogen (secondary N) is 1. The number of hydrogen-bond acceptors (Lipinski definition) is 4. The summed E-state index contributed by atoms with van der Waals surface area (Å²) in [6.45, 7) is 6.11. The van der Waals surface area contributed by atoms with Crippen molar-refractivity contribution in [2.45, 2.75) is 75.9 Å². The molecule has 8 heteroatoms. The Kier molecular flexibility index (Phi) is 8.82. The van der Waals surface area contributed by atoms with Gasteiger partial charge in [-0.1, -0.05) is 37.3 Å². The van der Waals surface area contributed by atoms with Gasteiger partial charge in [0, 0.05) is 23.3 Å². The van der Waals surface area contributed by atoms with E-state index in [1.807, 2.05) is 42.5 Å². The van der Waals surface area contributed by atoms with Gasteiger partial charge in [0.25, 0.3) is 5.91 Å². The first kappa shape index (κ1) is 27.5. The third kappa shape index (κ3) is 6.66. The molecule has 2 saturated heterocycles. The number of nitrogens with zero attached hydrogens (tertiary/aromatic N) is 1. The van der Waals surface area contributed by atoms with Crippen molar-refractivity contribution in [3.05, 3.63) is 65.7 Å². The van der Waals surface area contributed by atoms with Gasteiger partial charge in [0.2, 0.25) is 14.3 Å². The minimum absolute atomic E-state index is 0.0288. The van der Waals surface area contributed by atoms with Crippen LogP contribution < -0.4 is 5.32 Å². The minimum Gasteiger partial charge on any atom is -0.394 e. The smallest absolute Gasteiger partial charge is 0.255 e. The van der Waals surface area contributed by atoms with Gasteiger partial charge in [-0.15, -0.1) is 0 Å². The summed E-state index contributed by atoms with van der Waals surface area (Å²) in [5, 5.41) is 12.5. The molecule has 0 spiro atoms. The van der Waals surface area contributed by atoms with Crippen LogP contribution in [0.1, 0.15) is 48.5 Å². The molecule has 0 aromatic heterocycles. The first-order valence-electron chi connectivity index (χ1n) is 13.4. The molecule has 2 fully saturated rings. The van der Waals surface area contributed by atoms with Gasteiger partial charge in [-0.3, -0.25) is 9.59 Å². The van der Waals surface area contributed by atoms with Crippen LogP contribution in [0.2, 0.25) is 18.6 Å². The second kappa shape index (κ2) is 11.9. The van der Waals surface area contributed by atoms with Gasteiger partial charge in [0.05, 0.1) is 31.3 Å². The monoisotopic (exact) mass is 526 g/mol. The Balaban J connectivity index is 1.35. The highest BCUT2D eigenvalue weighted by molar-refractivity contribution is 6.72. The molecule has 4 rings (SSSR count). The maximum atomic E-state index is 15.4. The van der Waals surface area contributed by atoms with E-state index < -0.39 is 14.5 Å². The first-order valence-corrected chi connectivity index (χ1v) is 16.3. The lowest BCUT2D eigenvalue weighted by Gasteiger charge is -2.30. The van der Waals surface area contributed by atoms with Crippen molar-refractivity contribution in [1.82, 2.24) is 4.90 Å². The molecule has 2 heterocycles. The normalized spacial score (nSPS) is 25.9. The second-order valence-corrected chi connectivity index (χ2v) is 14.8. The van der Waals surface area contributed by atoms with Crippen molar-refractivity contribution in [2.75, 3.05) is 18.5 Å². The SMILES string of the molecule is C[C@H]1[C@H]([Si](C)(C)F)[C@@H](CC(=O)N2CCC[C@H]2CO)O[C@H]1CCc1ccc(NC(=O)c2ccccc2)cc1. The lowest BCUT2D eigenvalue weighted by molar-refractivity contribution is -0.135. The van der Waals surface area contributed by atoms with Crippen molar-refractivity contribution >= 4 is 25.9 Å². The van der Waals surface area contributed by atoms with Crippen molar-refractivity contribution in [3.63, 3.8) is 0 Å². The van der Waals surface area contributed by atoms with Crippen LogP contribution >= 0.6 is 0 Å². The summed E-state index contributed by atoms with van der Waals surface area (Å²) in [4.78, 5) is 27.2. The van der Waals surface area contributed by atoms with E-state index in [1.54, 1.807) is 30.1 Å². The van der Waals surface area contributed by atoms with Crippen LogP contribution in [0, 0.1) is 5.92 Å². The van der Waals surface area contributed by atoms with E-state index in [9.17, 15) is 14.7 Å². The zero-order valence-electron chi connectivity index (χ0n) is 22.0. The standard InChI is InChI=1S/C29H39FN2O4Si/c1-20-25(16-13-21-11-14-23(15-12-21)31-29(35)22-8-5-4-6-9-22)36-26(28(20)37(2,3)30)18-27(34)32-17-7-10-24(32)19-33/h4-6,8-9,11-12,14-15,20,24-26,28,33H,7,10,13,16-19H2,1-3H3,(H,31,35)/t20-,24+,25+,26-,28+/m1/s1. The molecule has 37 heavy (non-hydrogen) atoms. The predicted octanol–water partition coefficient (Wildman–Crippen LogP) is 5.19. The lowest BCUT2D eigenvalue weighted by atomic mass is 9.95. The van der Waals surface area contributed by atoms with E-state index in [0.717, 1.165) is 36.9 Å². The van der Waals surface area contributed by atoms with E-state index in [0.29, 0.717) is 12.1 Å². The minimum atomic E-state index is -3.07. The van der Waals surface area contributed by atoms with Crippen molar-refractivity contribution < 1.29 is 23.5 Å². The summed E-state index contributed by atoms with van der Waals surface area (Å²) in [7, 11) is -3.07. The molecule has 2 aliphatic heterocycles. The van der Waals surface area contributed by atoms with Crippen LogP contribution in [0.4, 0.5) is 9.80 Å². The van der Waals surface area contributed by atoms with E-state index in [1.165, 1.54) is 0 Å². The Hall–Kier alpha value is -2.55. The van der Waals surface area contributed by atoms with Crippen LogP contribution in [-0.4, -0.2) is 61.6 Å². The summed E-state index contributed by atoms with van der Waals surface area (Å²) in [6.07, 6.45) is 2.85. The Morgan fingerprint density at radius 1 is 1.11 bits per heavy atom. The first-order chi connectivity index (χ1) is 17.7. The number of aliphatic hydroxyl groups is 1. The number of ether oxygens (including phenoxy) is 1. The summed E-state index contributed by atoms with van der Waals surface area (Å²) in [5.41, 5.74) is 2.21. The van der Waals surface area contributed by atoms with E-state index in [2.05, 4.69) is 12.2 Å². The fraction of sp³-hybridized carbons (Fsp3) is 0.517. The maximum Gasteiger partial charge on any atom is 0.255 e. The Labute approximate surface area is 220 Å². The number of rotatable bonds is 9. The largest absolute Gasteiger partial charge is 0.394 e. The highest BCUT2D eigenvalue weighted by Crippen LogP contribution is 2.47. The van der Waals surface area contributed by atoms with Gasteiger partial charge in [0.15, 0.2) is 0 Å². The number of anilines is 1. The fourth-order valence-electron chi connectivity index (χ4n) is 6.08. The van der Waals surface area contributed by atoms with Gasteiger partial charge in [-0.05, 0) is 74.5 Å². The van der Waals surface area contributed by atoms with Crippen molar-refractivity contribution in [1.29, 1.82) is 0 Å². The Bertz CT molecular complexity index is 1060. The Morgan fingerprint density at radius 3 is 2.46 bits per heavy atom. The molecule has 200 valence electrons.